The van der Waals surface area contributed by atoms with Gasteiger partial charge in [-0.1, -0.05) is 12.1 Å². The van der Waals surface area contributed by atoms with Crippen molar-refractivity contribution in [3.63, 3.8) is 0 Å². The highest BCUT2D eigenvalue weighted by atomic mass is 19.1. The first-order valence-electron chi connectivity index (χ1n) is 8.44. The Bertz CT molecular complexity index is 1010. The maximum atomic E-state index is 13.6. The van der Waals surface area contributed by atoms with Gasteiger partial charge in [0.1, 0.15) is 23.1 Å². The van der Waals surface area contributed by atoms with Gasteiger partial charge in [-0.15, -0.1) is 0 Å². The minimum atomic E-state index is -0.844. The summed E-state index contributed by atoms with van der Waals surface area (Å²) in [6.07, 6.45) is 1.33. The number of pyridine rings is 1. The number of halogens is 2. The van der Waals surface area contributed by atoms with E-state index in [0.717, 1.165) is 17.7 Å². The van der Waals surface area contributed by atoms with Gasteiger partial charge in [-0.05, 0) is 42.0 Å². The van der Waals surface area contributed by atoms with Crippen LogP contribution in [-0.2, 0) is 6.54 Å². The number of carbonyl (C=O) groups is 1. The molecule has 0 bridgehead atoms. The molecule has 0 saturated heterocycles. The van der Waals surface area contributed by atoms with Crippen molar-refractivity contribution in [3.8, 4) is 11.5 Å². The normalized spacial score (nSPS) is 11.9. The van der Waals surface area contributed by atoms with E-state index in [1.165, 1.54) is 18.3 Å². The van der Waals surface area contributed by atoms with Crippen LogP contribution in [0.1, 0.15) is 15.9 Å². The number of carbonyl (C=O) groups excluding carboxylic acids is 1. The Morgan fingerprint density at radius 2 is 1.82 bits per heavy atom. The van der Waals surface area contributed by atoms with Gasteiger partial charge in [-0.25, -0.2) is 13.8 Å². The summed E-state index contributed by atoms with van der Waals surface area (Å²) in [4.78, 5) is 16.3. The highest BCUT2D eigenvalue weighted by molar-refractivity contribution is 6.04. The van der Waals surface area contributed by atoms with Crippen molar-refractivity contribution in [1.82, 2.24) is 4.98 Å². The molecule has 0 unspecified atom stereocenters. The predicted molar refractivity (Wildman–Crippen MR) is 98.4 cm³/mol. The molecule has 0 saturated carbocycles. The molecule has 1 aliphatic rings. The number of hydrogen-bond donors (Lipinski definition) is 2. The Morgan fingerprint density at radius 3 is 2.57 bits per heavy atom. The number of anilines is 2. The Hall–Kier alpha value is -3.68. The average Bonchev–Trinajstić information content (AvgIpc) is 3.17. The standard InChI is InChI=1S/C20H15F2N3O3/c21-14-2-1-3-15(22)19(14)25-20(26)13-5-7-18(24-10-13)23-9-12-4-6-16-17(8-12)28-11-27-16/h1-8,10H,9,11H2,(H,23,24)(H,25,26). The summed E-state index contributed by atoms with van der Waals surface area (Å²) in [7, 11) is 0. The smallest absolute Gasteiger partial charge is 0.257 e. The lowest BCUT2D eigenvalue weighted by Gasteiger charge is -2.09. The topological polar surface area (TPSA) is 72.5 Å². The molecule has 1 amide bonds. The van der Waals surface area contributed by atoms with Crippen LogP contribution in [0.25, 0.3) is 0 Å². The summed E-state index contributed by atoms with van der Waals surface area (Å²) >= 11 is 0. The van der Waals surface area contributed by atoms with Crippen molar-refractivity contribution in [3.05, 3.63) is 77.5 Å². The van der Waals surface area contributed by atoms with E-state index in [1.54, 1.807) is 6.07 Å². The molecule has 8 heteroatoms. The van der Waals surface area contributed by atoms with Gasteiger partial charge >= 0.3 is 0 Å². The van der Waals surface area contributed by atoms with E-state index in [1.807, 2.05) is 18.2 Å². The summed E-state index contributed by atoms with van der Waals surface area (Å²) in [6.45, 7) is 0.712. The highest BCUT2D eigenvalue weighted by Crippen LogP contribution is 2.32. The Kier molecular flexibility index (Phi) is 4.76. The molecule has 2 heterocycles. The van der Waals surface area contributed by atoms with Crippen LogP contribution < -0.4 is 20.1 Å². The molecule has 0 atom stereocenters. The Morgan fingerprint density at radius 1 is 1.04 bits per heavy atom. The molecule has 2 N–H and O–H groups in total. The molecule has 28 heavy (non-hydrogen) atoms. The third kappa shape index (κ3) is 3.71. The van der Waals surface area contributed by atoms with Crippen molar-refractivity contribution < 1.29 is 23.0 Å². The molecule has 0 fully saturated rings. The number of para-hydroxylation sites is 1. The van der Waals surface area contributed by atoms with Crippen LogP contribution in [-0.4, -0.2) is 17.7 Å². The van der Waals surface area contributed by atoms with Crippen LogP contribution in [0.4, 0.5) is 20.3 Å². The predicted octanol–water partition coefficient (Wildman–Crippen LogP) is 3.95. The molecule has 1 aliphatic heterocycles. The average molecular weight is 383 g/mol. The summed E-state index contributed by atoms with van der Waals surface area (Å²) in [5.74, 6) is -0.389. The van der Waals surface area contributed by atoms with E-state index < -0.39 is 23.2 Å². The molecule has 0 aliphatic carbocycles. The number of nitrogens with one attached hydrogen (secondary N) is 2. The van der Waals surface area contributed by atoms with Gasteiger partial charge in [-0.3, -0.25) is 4.79 Å². The molecule has 4 rings (SSSR count). The van der Waals surface area contributed by atoms with Gasteiger partial charge in [0.05, 0.1) is 5.56 Å². The van der Waals surface area contributed by atoms with Crippen molar-refractivity contribution in [2.45, 2.75) is 6.54 Å². The lowest BCUT2D eigenvalue weighted by Crippen LogP contribution is -2.14. The zero-order chi connectivity index (χ0) is 19.5. The number of aromatic nitrogens is 1. The minimum absolute atomic E-state index is 0.177. The van der Waals surface area contributed by atoms with E-state index >= 15 is 0 Å². The molecule has 2 aromatic carbocycles. The molecule has 0 spiro atoms. The Labute approximate surface area is 159 Å². The molecular formula is C20H15F2N3O3. The third-order valence-electron chi connectivity index (χ3n) is 4.14. The van der Waals surface area contributed by atoms with E-state index in [2.05, 4.69) is 15.6 Å². The fraction of sp³-hybridized carbons (Fsp3) is 0.100. The highest BCUT2D eigenvalue weighted by Gasteiger charge is 2.15. The number of amides is 1. The van der Waals surface area contributed by atoms with Crippen LogP contribution in [0, 0.1) is 11.6 Å². The van der Waals surface area contributed by atoms with Crippen LogP contribution in [0.15, 0.2) is 54.7 Å². The maximum absolute atomic E-state index is 13.6. The van der Waals surface area contributed by atoms with Crippen molar-refractivity contribution in [2.75, 3.05) is 17.4 Å². The third-order valence-corrected chi connectivity index (χ3v) is 4.14. The quantitative estimate of drug-likeness (QED) is 0.698. The molecule has 0 radical (unpaired) electrons. The number of rotatable bonds is 5. The first-order valence-corrected chi connectivity index (χ1v) is 8.44. The number of hydrogen-bond acceptors (Lipinski definition) is 5. The molecular weight excluding hydrogens is 368 g/mol. The molecule has 6 nitrogen and oxygen atoms in total. The second kappa shape index (κ2) is 7.51. The summed E-state index contributed by atoms with van der Waals surface area (Å²) in [6, 6.07) is 12.1. The van der Waals surface area contributed by atoms with Gasteiger partial charge in [0.2, 0.25) is 6.79 Å². The monoisotopic (exact) mass is 383 g/mol. The number of benzene rings is 2. The zero-order valence-electron chi connectivity index (χ0n) is 14.5. The van der Waals surface area contributed by atoms with Gasteiger partial charge in [-0.2, -0.15) is 0 Å². The van der Waals surface area contributed by atoms with Gasteiger partial charge in [0.15, 0.2) is 11.5 Å². The van der Waals surface area contributed by atoms with Crippen molar-refractivity contribution in [2.24, 2.45) is 0 Å². The fourth-order valence-corrected chi connectivity index (χ4v) is 2.68. The minimum Gasteiger partial charge on any atom is -0.454 e. The van der Waals surface area contributed by atoms with Crippen molar-refractivity contribution >= 4 is 17.4 Å². The zero-order valence-corrected chi connectivity index (χ0v) is 14.5. The Balaban J connectivity index is 1.39. The molecule has 1 aromatic heterocycles. The summed E-state index contributed by atoms with van der Waals surface area (Å²) in [5, 5.41) is 5.35. The maximum Gasteiger partial charge on any atom is 0.257 e. The van der Waals surface area contributed by atoms with Gasteiger partial charge < -0.3 is 20.1 Å². The number of ether oxygens (including phenoxy) is 2. The van der Waals surface area contributed by atoms with Gasteiger partial charge in [0, 0.05) is 12.7 Å². The summed E-state index contributed by atoms with van der Waals surface area (Å²) in [5.41, 5.74) is 0.664. The molecule has 3 aromatic rings. The fourth-order valence-electron chi connectivity index (χ4n) is 2.68. The summed E-state index contributed by atoms with van der Waals surface area (Å²) < 4.78 is 37.9. The van der Waals surface area contributed by atoms with E-state index in [-0.39, 0.29) is 12.4 Å². The SMILES string of the molecule is O=C(Nc1c(F)cccc1F)c1ccc(NCc2ccc3c(c2)OCO3)nc1. The van der Waals surface area contributed by atoms with E-state index in [4.69, 9.17) is 9.47 Å². The van der Waals surface area contributed by atoms with E-state index in [0.29, 0.717) is 23.9 Å². The van der Waals surface area contributed by atoms with Crippen molar-refractivity contribution in [1.29, 1.82) is 0 Å². The van der Waals surface area contributed by atoms with Crippen LogP contribution in [0.2, 0.25) is 0 Å². The molecule has 142 valence electrons. The van der Waals surface area contributed by atoms with E-state index in [9.17, 15) is 13.6 Å². The van der Waals surface area contributed by atoms with Gasteiger partial charge in [0.25, 0.3) is 5.91 Å². The number of fused-ring (bicyclic) bond motifs is 1. The lowest BCUT2D eigenvalue weighted by atomic mass is 10.2. The number of nitrogens with zero attached hydrogens (tertiary/aromatic N) is 1. The first-order chi connectivity index (χ1) is 13.6. The lowest BCUT2D eigenvalue weighted by molar-refractivity contribution is 0.102. The largest absolute Gasteiger partial charge is 0.454 e. The van der Waals surface area contributed by atoms with Crippen LogP contribution >= 0.6 is 0 Å². The first kappa shape index (κ1) is 17.7. The van der Waals surface area contributed by atoms with Crippen LogP contribution in [0.5, 0.6) is 11.5 Å². The second-order valence-electron chi connectivity index (χ2n) is 6.02. The second-order valence-corrected chi connectivity index (χ2v) is 6.02. The van der Waals surface area contributed by atoms with Crippen LogP contribution in [0.3, 0.4) is 0 Å².